The third-order valence-corrected chi connectivity index (χ3v) is 4.06. The van der Waals surface area contributed by atoms with Crippen LogP contribution in [0.15, 0.2) is 52.3 Å². The Hall–Kier alpha value is -1.72. The smallest absolute Gasteiger partial charge is 0.100 e. The molecule has 0 fully saturated rings. The van der Waals surface area contributed by atoms with Crippen LogP contribution in [0.1, 0.15) is 16.7 Å². The quantitative estimate of drug-likeness (QED) is 0.779. The summed E-state index contributed by atoms with van der Waals surface area (Å²) >= 11 is 1.67. The van der Waals surface area contributed by atoms with Crippen LogP contribution in [0.5, 0.6) is 0 Å². The molecule has 0 aromatic heterocycles. The van der Waals surface area contributed by atoms with Crippen LogP contribution >= 0.6 is 11.8 Å². The van der Waals surface area contributed by atoms with E-state index in [1.54, 1.807) is 11.8 Å². The Morgan fingerprint density at radius 2 is 1.65 bits per heavy atom. The molecule has 0 saturated carbocycles. The maximum absolute atomic E-state index is 9.13. The summed E-state index contributed by atoms with van der Waals surface area (Å²) < 4.78 is 0. The Morgan fingerprint density at radius 3 is 2.35 bits per heavy atom. The van der Waals surface area contributed by atoms with Crippen molar-refractivity contribution in [2.45, 2.75) is 23.6 Å². The largest absolute Gasteiger partial charge is 0.192 e. The van der Waals surface area contributed by atoms with Crippen molar-refractivity contribution in [2.24, 2.45) is 0 Å². The van der Waals surface area contributed by atoms with Gasteiger partial charge in [-0.2, -0.15) is 5.26 Å². The Kier molecular flexibility index (Phi) is 3.51. The Labute approximate surface area is 106 Å². The topological polar surface area (TPSA) is 23.8 Å². The summed E-state index contributed by atoms with van der Waals surface area (Å²) in [6, 6.07) is 16.3. The molecule has 0 heterocycles. The van der Waals surface area contributed by atoms with Gasteiger partial charge in [0.2, 0.25) is 0 Å². The minimum Gasteiger partial charge on any atom is -0.192 e. The summed E-state index contributed by atoms with van der Waals surface area (Å²) in [6.45, 7) is 4.13. The molecular weight excluding hydrogens is 226 g/mol. The zero-order valence-electron chi connectivity index (χ0n) is 9.90. The summed E-state index contributed by atoms with van der Waals surface area (Å²) in [5.41, 5.74) is 3.14. The molecule has 2 heteroatoms. The summed E-state index contributed by atoms with van der Waals surface area (Å²) in [7, 11) is 0. The van der Waals surface area contributed by atoms with Crippen LogP contribution in [0, 0.1) is 25.2 Å². The predicted octanol–water partition coefficient (Wildman–Crippen LogP) is 4.33. The Morgan fingerprint density at radius 1 is 0.941 bits per heavy atom. The molecular formula is C15H13NS. The van der Waals surface area contributed by atoms with Gasteiger partial charge >= 0.3 is 0 Å². The third kappa shape index (κ3) is 2.51. The Bertz CT molecular complexity index is 582. The van der Waals surface area contributed by atoms with E-state index in [2.05, 4.69) is 25.1 Å². The maximum Gasteiger partial charge on any atom is 0.100 e. The molecule has 0 aliphatic carbocycles. The van der Waals surface area contributed by atoms with E-state index in [-0.39, 0.29) is 0 Å². The van der Waals surface area contributed by atoms with Crippen molar-refractivity contribution in [1.82, 2.24) is 0 Å². The normalized spacial score (nSPS) is 9.94. The Balaban J connectivity index is 2.44. The minimum atomic E-state index is 0.748. The second-order valence-corrected chi connectivity index (χ2v) is 4.98. The highest BCUT2D eigenvalue weighted by Gasteiger charge is 2.08. The highest BCUT2D eigenvalue weighted by molar-refractivity contribution is 7.99. The van der Waals surface area contributed by atoms with E-state index in [1.165, 1.54) is 10.5 Å². The van der Waals surface area contributed by atoms with E-state index >= 15 is 0 Å². The zero-order chi connectivity index (χ0) is 12.3. The molecule has 0 N–H and O–H groups in total. The molecule has 1 nitrogen and oxygen atoms in total. The number of hydrogen-bond donors (Lipinski definition) is 0. The van der Waals surface area contributed by atoms with Crippen LogP contribution in [-0.4, -0.2) is 0 Å². The average molecular weight is 239 g/mol. The monoisotopic (exact) mass is 239 g/mol. The second kappa shape index (κ2) is 5.07. The van der Waals surface area contributed by atoms with Crippen LogP contribution < -0.4 is 0 Å². The van der Waals surface area contributed by atoms with Gasteiger partial charge in [0.25, 0.3) is 0 Å². The molecule has 0 aliphatic rings. The van der Waals surface area contributed by atoms with Crippen LogP contribution in [0.4, 0.5) is 0 Å². The van der Waals surface area contributed by atoms with Gasteiger partial charge in [-0.1, -0.05) is 42.1 Å². The van der Waals surface area contributed by atoms with E-state index in [1.807, 2.05) is 37.3 Å². The first-order valence-electron chi connectivity index (χ1n) is 5.45. The number of nitrogens with zero attached hydrogens (tertiary/aromatic N) is 1. The highest BCUT2D eigenvalue weighted by atomic mass is 32.2. The lowest BCUT2D eigenvalue weighted by Crippen LogP contribution is -1.87. The number of aryl methyl sites for hydroxylation is 2. The standard InChI is InChI=1S/C15H13NS/c1-11-6-3-4-9-14(11)17-15-12(2)7-5-8-13(15)10-16/h3-9H,1-2H3. The van der Waals surface area contributed by atoms with Crippen molar-refractivity contribution in [2.75, 3.05) is 0 Å². The van der Waals surface area contributed by atoms with Crippen molar-refractivity contribution in [1.29, 1.82) is 5.26 Å². The van der Waals surface area contributed by atoms with E-state index < -0.39 is 0 Å². The summed E-state index contributed by atoms with van der Waals surface area (Å²) in [5, 5.41) is 9.13. The van der Waals surface area contributed by atoms with Crippen molar-refractivity contribution in [3.8, 4) is 6.07 Å². The van der Waals surface area contributed by atoms with Gasteiger partial charge in [-0.3, -0.25) is 0 Å². The lowest BCUT2D eigenvalue weighted by atomic mass is 10.1. The molecule has 2 rings (SSSR count). The van der Waals surface area contributed by atoms with Crippen LogP contribution in [0.2, 0.25) is 0 Å². The van der Waals surface area contributed by atoms with Crippen LogP contribution in [0.25, 0.3) is 0 Å². The fraction of sp³-hybridized carbons (Fsp3) is 0.133. The fourth-order valence-corrected chi connectivity index (χ4v) is 2.71. The van der Waals surface area contributed by atoms with Crippen molar-refractivity contribution in [3.63, 3.8) is 0 Å². The third-order valence-electron chi connectivity index (χ3n) is 2.64. The molecule has 0 saturated heterocycles. The molecule has 84 valence electrons. The molecule has 0 bridgehead atoms. The summed E-state index contributed by atoms with van der Waals surface area (Å²) in [6.07, 6.45) is 0. The molecule has 2 aromatic rings. The van der Waals surface area contributed by atoms with Crippen LogP contribution in [-0.2, 0) is 0 Å². The van der Waals surface area contributed by atoms with E-state index in [0.717, 1.165) is 16.0 Å². The molecule has 0 amide bonds. The van der Waals surface area contributed by atoms with Gasteiger partial charge in [-0.05, 0) is 37.1 Å². The van der Waals surface area contributed by atoms with Gasteiger partial charge in [0.05, 0.1) is 5.56 Å². The molecule has 0 spiro atoms. The van der Waals surface area contributed by atoms with Crippen LogP contribution in [0.3, 0.4) is 0 Å². The molecule has 0 atom stereocenters. The van der Waals surface area contributed by atoms with Gasteiger partial charge in [-0.15, -0.1) is 0 Å². The molecule has 0 unspecified atom stereocenters. The minimum absolute atomic E-state index is 0.748. The zero-order valence-corrected chi connectivity index (χ0v) is 10.7. The van der Waals surface area contributed by atoms with Gasteiger partial charge in [-0.25, -0.2) is 0 Å². The van der Waals surface area contributed by atoms with Crippen molar-refractivity contribution in [3.05, 3.63) is 59.2 Å². The number of nitriles is 1. The van der Waals surface area contributed by atoms with Crippen molar-refractivity contribution >= 4 is 11.8 Å². The maximum atomic E-state index is 9.13. The first-order valence-corrected chi connectivity index (χ1v) is 6.27. The van der Waals surface area contributed by atoms with Gasteiger partial charge in [0, 0.05) is 9.79 Å². The number of rotatable bonds is 2. The SMILES string of the molecule is Cc1ccccc1Sc1c(C)cccc1C#N. The number of hydrogen-bond acceptors (Lipinski definition) is 2. The van der Waals surface area contributed by atoms with Crippen molar-refractivity contribution < 1.29 is 0 Å². The number of benzene rings is 2. The summed E-state index contributed by atoms with van der Waals surface area (Å²) in [4.78, 5) is 2.27. The molecule has 0 aliphatic heterocycles. The second-order valence-electron chi connectivity index (χ2n) is 3.93. The average Bonchev–Trinajstić information content (AvgIpc) is 2.34. The van der Waals surface area contributed by atoms with E-state index in [9.17, 15) is 0 Å². The van der Waals surface area contributed by atoms with E-state index in [0.29, 0.717) is 0 Å². The lowest BCUT2D eigenvalue weighted by Gasteiger charge is -2.09. The van der Waals surface area contributed by atoms with Gasteiger partial charge < -0.3 is 0 Å². The first kappa shape index (κ1) is 11.8. The molecule has 2 aromatic carbocycles. The fourth-order valence-electron chi connectivity index (χ4n) is 1.66. The van der Waals surface area contributed by atoms with Gasteiger partial charge in [0.15, 0.2) is 0 Å². The highest BCUT2D eigenvalue weighted by Crippen LogP contribution is 2.34. The first-order chi connectivity index (χ1) is 8.22. The summed E-state index contributed by atoms with van der Waals surface area (Å²) in [5.74, 6) is 0. The molecule has 17 heavy (non-hydrogen) atoms. The van der Waals surface area contributed by atoms with Gasteiger partial charge in [0.1, 0.15) is 6.07 Å². The lowest BCUT2D eigenvalue weighted by molar-refractivity contribution is 1.24. The predicted molar refractivity (Wildman–Crippen MR) is 71.2 cm³/mol. The molecule has 0 radical (unpaired) electrons. The van der Waals surface area contributed by atoms with E-state index in [4.69, 9.17) is 5.26 Å².